The summed E-state index contributed by atoms with van der Waals surface area (Å²) in [6, 6.07) is 8.14. The number of amides is 1. The van der Waals surface area contributed by atoms with E-state index < -0.39 is 0 Å². The second-order valence-corrected chi connectivity index (χ2v) is 6.50. The molecular formula is C18H29Cl2N3O2. The van der Waals surface area contributed by atoms with Gasteiger partial charge in [0.25, 0.3) is 5.91 Å². The van der Waals surface area contributed by atoms with Gasteiger partial charge in [-0.3, -0.25) is 4.79 Å². The summed E-state index contributed by atoms with van der Waals surface area (Å²) in [5.41, 5.74) is 7.64. The van der Waals surface area contributed by atoms with E-state index in [1.54, 1.807) is 0 Å². The van der Waals surface area contributed by atoms with E-state index in [2.05, 4.69) is 22.3 Å². The van der Waals surface area contributed by atoms with Crippen molar-refractivity contribution in [1.82, 2.24) is 0 Å². The zero-order valence-corrected chi connectivity index (χ0v) is 16.1. The minimum atomic E-state index is -0.370. The third kappa shape index (κ3) is 6.03. The maximum atomic E-state index is 12.3. The third-order valence-electron chi connectivity index (χ3n) is 4.75. The fourth-order valence-electron chi connectivity index (χ4n) is 3.40. The molecule has 142 valence electrons. The van der Waals surface area contributed by atoms with Gasteiger partial charge in [0.2, 0.25) is 0 Å². The molecular weight excluding hydrogens is 361 g/mol. The summed E-state index contributed by atoms with van der Waals surface area (Å²) < 4.78 is 5.66. The highest BCUT2D eigenvalue weighted by Gasteiger charge is 2.29. The largest absolute Gasteiger partial charge is 0.371 e. The number of hydrogen-bond acceptors (Lipinski definition) is 4. The molecule has 3 rings (SSSR count). The standard InChI is InChI=1S/C18H27N3O2.2ClH/c19-13-16-8-9-17(23-16)18(22)20-14-6-5-7-15(12-14)21-10-3-1-2-4-11-21;;/h5-7,12,16-17H,1-4,8-11,13,19H2,(H,20,22);2*1H/t16-,17+;;/m1../s1. The molecule has 2 fully saturated rings. The molecule has 3 N–H and O–H groups in total. The lowest BCUT2D eigenvalue weighted by Crippen LogP contribution is -2.30. The van der Waals surface area contributed by atoms with E-state index in [4.69, 9.17) is 10.5 Å². The van der Waals surface area contributed by atoms with Gasteiger partial charge in [0.15, 0.2) is 0 Å². The summed E-state index contributed by atoms with van der Waals surface area (Å²) >= 11 is 0. The number of nitrogens with zero attached hydrogens (tertiary/aromatic N) is 1. The summed E-state index contributed by atoms with van der Waals surface area (Å²) in [5, 5.41) is 2.99. The van der Waals surface area contributed by atoms with Crippen LogP contribution in [0.3, 0.4) is 0 Å². The van der Waals surface area contributed by atoms with Gasteiger partial charge in [-0.25, -0.2) is 0 Å². The highest BCUT2D eigenvalue weighted by atomic mass is 35.5. The van der Waals surface area contributed by atoms with Gasteiger partial charge in [-0.05, 0) is 43.9 Å². The Labute approximate surface area is 162 Å². The third-order valence-corrected chi connectivity index (χ3v) is 4.75. The lowest BCUT2D eigenvalue weighted by Gasteiger charge is -2.23. The first-order valence-electron chi connectivity index (χ1n) is 8.77. The molecule has 5 nitrogen and oxygen atoms in total. The molecule has 2 aliphatic heterocycles. The van der Waals surface area contributed by atoms with Crippen molar-refractivity contribution in [2.45, 2.75) is 50.7 Å². The SMILES string of the molecule is Cl.Cl.NC[C@H]1CC[C@@H](C(=O)Nc2cccc(N3CCCCCC3)c2)O1. The predicted molar refractivity (Wildman–Crippen MR) is 107 cm³/mol. The highest BCUT2D eigenvalue weighted by molar-refractivity contribution is 5.94. The number of ether oxygens (including phenoxy) is 1. The first-order valence-corrected chi connectivity index (χ1v) is 8.77. The van der Waals surface area contributed by atoms with Crippen molar-refractivity contribution < 1.29 is 9.53 Å². The number of carbonyl (C=O) groups excluding carboxylic acids is 1. The van der Waals surface area contributed by atoms with Crippen LogP contribution in [0, 0.1) is 0 Å². The lowest BCUT2D eigenvalue weighted by molar-refractivity contribution is -0.126. The van der Waals surface area contributed by atoms with E-state index in [0.717, 1.165) is 31.6 Å². The van der Waals surface area contributed by atoms with Gasteiger partial charge in [-0.15, -0.1) is 24.8 Å². The Hall–Kier alpha value is -1.01. The molecule has 0 bridgehead atoms. The van der Waals surface area contributed by atoms with Crippen LogP contribution in [0.15, 0.2) is 24.3 Å². The summed E-state index contributed by atoms with van der Waals surface area (Å²) in [6.07, 6.45) is 6.38. The molecule has 1 aromatic carbocycles. The fraction of sp³-hybridized carbons (Fsp3) is 0.611. The van der Waals surface area contributed by atoms with E-state index in [1.165, 1.54) is 31.4 Å². The molecule has 0 saturated carbocycles. The Kier molecular flexibility index (Phi) is 9.57. The second-order valence-electron chi connectivity index (χ2n) is 6.50. The topological polar surface area (TPSA) is 67.6 Å². The summed E-state index contributed by atoms with van der Waals surface area (Å²) in [6.45, 7) is 2.68. The lowest BCUT2D eigenvalue weighted by atomic mass is 10.2. The predicted octanol–water partition coefficient (Wildman–Crippen LogP) is 3.36. The van der Waals surface area contributed by atoms with Crippen molar-refractivity contribution in [1.29, 1.82) is 0 Å². The number of nitrogens with one attached hydrogen (secondary N) is 1. The number of rotatable bonds is 4. The molecule has 2 atom stereocenters. The highest BCUT2D eigenvalue weighted by Crippen LogP contribution is 2.24. The van der Waals surface area contributed by atoms with Gasteiger partial charge in [-0.2, -0.15) is 0 Å². The van der Waals surface area contributed by atoms with Gasteiger partial charge in [0.1, 0.15) is 6.10 Å². The van der Waals surface area contributed by atoms with Crippen LogP contribution in [0.4, 0.5) is 11.4 Å². The first kappa shape index (κ1) is 22.0. The quantitative estimate of drug-likeness (QED) is 0.828. The van der Waals surface area contributed by atoms with Crippen LogP contribution >= 0.6 is 24.8 Å². The van der Waals surface area contributed by atoms with Gasteiger partial charge in [-0.1, -0.05) is 18.9 Å². The maximum Gasteiger partial charge on any atom is 0.253 e. The molecule has 2 heterocycles. The van der Waals surface area contributed by atoms with Crippen LogP contribution in [0.25, 0.3) is 0 Å². The van der Waals surface area contributed by atoms with E-state index in [1.807, 2.05) is 12.1 Å². The van der Waals surface area contributed by atoms with Gasteiger partial charge >= 0.3 is 0 Å². The monoisotopic (exact) mass is 389 g/mol. The van der Waals surface area contributed by atoms with Crippen LogP contribution < -0.4 is 16.0 Å². The van der Waals surface area contributed by atoms with Gasteiger partial charge in [0.05, 0.1) is 6.10 Å². The summed E-state index contributed by atoms with van der Waals surface area (Å²) in [5.74, 6) is -0.0611. The van der Waals surface area contributed by atoms with Crippen molar-refractivity contribution in [3.05, 3.63) is 24.3 Å². The van der Waals surface area contributed by atoms with E-state index >= 15 is 0 Å². The number of halogens is 2. The zero-order chi connectivity index (χ0) is 16.1. The van der Waals surface area contributed by atoms with E-state index in [-0.39, 0.29) is 42.9 Å². The van der Waals surface area contributed by atoms with Crippen LogP contribution in [-0.4, -0.2) is 37.7 Å². The van der Waals surface area contributed by atoms with Crippen molar-refractivity contribution >= 4 is 42.1 Å². The smallest absolute Gasteiger partial charge is 0.253 e. The van der Waals surface area contributed by atoms with E-state index in [0.29, 0.717) is 6.54 Å². The van der Waals surface area contributed by atoms with Gasteiger partial charge in [0, 0.05) is 31.0 Å². The Morgan fingerprint density at radius 3 is 2.52 bits per heavy atom. The number of nitrogens with two attached hydrogens (primary N) is 1. The molecule has 1 aromatic rings. The molecule has 0 unspecified atom stereocenters. The van der Waals surface area contributed by atoms with Crippen LogP contribution in [0.2, 0.25) is 0 Å². The van der Waals surface area contributed by atoms with Crippen LogP contribution in [0.5, 0.6) is 0 Å². The van der Waals surface area contributed by atoms with Crippen molar-refractivity contribution in [2.75, 3.05) is 29.9 Å². The average molecular weight is 390 g/mol. The molecule has 2 aliphatic rings. The van der Waals surface area contributed by atoms with Crippen molar-refractivity contribution in [2.24, 2.45) is 5.73 Å². The molecule has 0 spiro atoms. The van der Waals surface area contributed by atoms with Gasteiger partial charge < -0.3 is 20.7 Å². The number of hydrogen-bond donors (Lipinski definition) is 2. The average Bonchev–Trinajstić information content (AvgIpc) is 2.89. The normalized spacial score (nSPS) is 23.2. The van der Waals surface area contributed by atoms with Crippen molar-refractivity contribution in [3.8, 4) is 0 Å². The molecule has 1 amide bonds. The van der Waals surface area contributed by atoms with E-state index in [9.17, 15) is 4.79 Å². The van der Waals surface area contributed by atoms with Crippen LogP contribution in [0.1, 0.15) is 38.5 Å². The Bertz CT molecular complexity index is 537. The molecule has 25 heavy (non-hydrogen) atoms. The first-order chi connectivity index (χ1) is 11.3. The molecule has 7 heteroatoms. The molecule has 0 radical (unpaired) electrons. The zero-order valence-electron chi connectivity index (χ0n) is 14.5. The maximum absolute atomic E-state index is 12.3. The summed E-state index contributed by atoms with van der Waals surface area (Å²) in [7, 11) is 0. The number of benzene rings is 1. The molecule has 0 aromatic heterocycles. The second kappa shape index (κ2) is 10.9. The minimum absolute atomic E-state index is 0. The molecule has 0 aliphatic carbocycles. The van der Waals surface area contributed by atoms with Crippen molar-refractivity contribution in [3.63, 3.8) is 0 Å². The Morgan fingerprint density at radius 1 is 1.16 bits per heavy atom. The van der Waals surface area contributed by atoms with Crippen LogP contribution in [-0.2, 0) is 9.53 Å². The Balaban J connectivity index is 0.00000156. The minimum Gasteiger partial charge on any atom is -0.371 e. The number of carbonyl (C=O) groups is 1. The summed E-state index contributed by atoms with van der Waals surface area (Å²) in [4.78, 5) is 14.7. The Morgan fingerprint density at radius 2 is 1.88 bits per heavy atom. The molecule has 2 saturated heterocycles. The number of anilines is 2. The fourth-order valence-corrected chi connectivity index (χ4v) is 3.40.